The smallest absolute Gasteiger partial charge is 0.0774 e. The molecule has 4 rings (SSSR count). The lowest BCUT2D eigenvalue weighted by Gasteiger charge is -2.09. The average Bonchev–Trinajstić information content (AvgIpc) is 2.70. The lowest BCUT2D eigenvalue weighted by molar-refractivity contribution is 1.49. The zero-order valence-corrected chi connectivity index (χ0v) is 14.5. The highest BCUT2D eigenvalue weighted by molar-refractivity contribution is 6.13. The van der Waals surface area contributed by atoms with Crippen molar-refractivity contribution in [2.75, 3.05) is 0 Å². The number of benzene rings is 4. The molecule has 0 aromatic heterocycles. The van der Waals surface area contributed by atoms with Crippen LogP contribution < -0.4 is 0 Å². The third-order valence-electron chi connectivity index (χ3n) is 4.67. The van der Waals surface area contributed by atoms with E-state index >= 15 is 0 Å². The van der Waals surface area contributed by atoms with Crippen LogP contribution in [0.5, 0.6) is 0 Å². The van der Waals surface area contributed by atoms with E-state index in [0.29, 0.717) is 0 Å². The Morgan fingerprint density at radius 2 is 1.19 bits per heavy atom. The Bertz CT molecular complexity index is 1090. The van der Waals surface area contributed by atoms with Gasteiger partial charge < -0.3 is 0 Å². The molecule has 0 spiro atoms. The van der Waals surface area contributed by atoms with Crippen molar-refractivity contribution < 1.29 is 0 Å². The van der Waals surface area contributed by atoms with Crippen molar-refractivity contribution in [3.8, 4) is 0 Å². The van der Waals surface area contributed by atoms with E-state index in [9.17, 15) is 0 Å². The van der Waals surface area contributed by atoms with E-state index in [4.69, 9.17) is 4.99 Å². The second-order valence-electron chi connectivity index (χ2n) is 6.18. The van der Waals surface area contributed by atoms with Gasteiger partial charge in [-0.15, -0.1) is 0 Å². The first-order valence-corrected chi connectivity index (χ1v) is 8.64. The highest BCUT2D eigenvalue weighted by Gasteiger charge is 2.07. The molecule has 0 bridgehead atoms. The second-order valence-corrected chi connectivity index (χ2v) is 6.18. The second kappa shape index (κ2) is 6.81. The van der Waals surface area contributed by atoms with Crippen LogP contribution in [0.4, 0.5) is 5.69 Å². The van der Waals surface area contributed by atoms with E-state index in [1.54, 1.807) is 0 Å². The third kappa shape index (κ3) is 2.74. The van der Waals surface area contributed by atoms with Gasteiger partial charge in [-0.25, -0.2) is 0 Å². The van der Waals surface area contributed by atoms with E-state index in [0.717, 1.165) is 22.4 Å². The molecule has 0 saturated carbocycles. The molecule has 1 heteroatoms. The quantitative estimate of drug-likeness (QED) is 0.281. The van der Waals surface area contributed by atoms with Gasteiger partial charge in [0.2, 0.25) is 0 Å². The standard InChI is InChI=1S/C25H19N/c1-3-18-12-9-13-19(4-2)25(18)26-17-24-22-14-7-5-10-20(22)16-21-11-6-8-15-23(21)24/h3-17H,1-2H2. The first-order chi connectivity index (χ1) is 12.8. The monoisotopic (exact) mass is 333 g/mol. The zero-order valence-electron chi connectivity index (χ0n) is 14.5. The molecule has 0 unspecified atom stereocenters. The molecule has 0 aliphatic carbocycles. The lowest BCUT2D eigenvalue weighted by atomic mass is 9.97. The lowest BCUT2D eigenvalue weighted by Crippen LogP contribution is -1.89. The van der Waals surface area contributed by atoms with Crippen molar-refractivity contribution >= 4 is 45.6 Å². The maximum Gasteiger partial charge on any atom is 0.0774 e. The molecule has 124 valence electrons. The molecule has 0 aliphatic heterocycles. The molecule has 0 heterocycles. The third-order valence-corrected chi connectivity index (χ3v) is 4.67. The van der Waals surface area contributed by atoms with Crippen molar-refractivity contribution in [1.29, 1.82) is 0 Å². The number of hydrogen-bond acceptors (Lipinski definition) is 1. The highest BCUT2D eigenvalue weighted by atomic mass is 14.7. The van der Waals surface area contributed by atoms with Crippen LogP contribution in [0.2, 0.25) is 0 Å². The summed E-state index contributed by atoms with van der Waals surface area (Å²) in [6, 6.07) is 25.1. The fourth-order valence-corrected chi connectivity index (χ4v) is 3.38. The summed E-state index contributed by atoms with van der Waals surface area (Å²) in [5.74, 6) is 0. The van der Waals surface area contributed by atoms with E-state index in [1.807, 2.05) is 36.6 Å². The van der Waals surface area contributed by atoms with Crippen LogP contribution in [-0.4, -0.2) is 6.21 Å². The predicted molar refractivity (Wildman–Crippen MR) is 115 cm³/mol. The maximum absolute atomic E-state index is 4.85. The summed E-state index contributed by atoms with van der Waals surface area (Å²) in [6.07, 6.45) is 5.64. The molecule has 0 N–H and O–H groups in total. The Labute approximate surface area is 153 Å². The summed E-state index contributed by atoms with van der Waals surface area (Å²) in [5.41, 5.74) is 4.04. The fraction of sp³-hybridized carbons (Fsp3) is 0. The molecule has 26 heavy (non-hydrogen) atoms. The number of nitrogens with zero attached hydrogens (tertiary/aromatic N) is 1. The van der Waals surface area contributed by atoms with E-state index in [2.05, 4.69) is 67.8 Å². The molecule has 0 saturated heterocycles. The van der Waals surface area contributed by atoms with Gasteiger partial charge in [-0.3, -0.25) is 4.99 Å². The molecule has 0 aliphatic rings. The van der Waals surface area contributed by atoms with E-state index < -0.39 is 0 Å². The van der Waals surface area contributed by atoms with Crippen molar-refractivity contribution in [2.24, 2.45) is 4.99 Å². The number of fused-ring (bicyclic) bond motifs is 2. The number of hydrogen-bond donors (Lipinski definition) is 0. The van der Waals surface area contributed by atoms with Crippen LogP contribution in [0.25, 0.3) is 33.7 Å². The van der Waals surface area contributed by atoms with Crippen molar-refractivity contribution in [3.63, 3.8) is 0 Å². The molecule has 0 amide bonds. The minimum atomic E-state index is 0.898. The molecule has 0 atom stereocenters. The van der Waals surface area contributed by atoms with Gasteiger partial charge in [0.1, 0.15) is 0 Å². The van der Waals surface area contributed by atoms with Gasteiger partial charge in [0.25, 0.3) is 0 Å². The van der Waals surface area contributed by atoms with Crippen LogP contribution in [0.15, 0.2) is 90.9 Å². The Hall–Kier alpha value is -3.45. The van der Waals surface area contributed by atoms with Gasteiger partial charge >= 0.3 is 0 Å². The van der Waals surface area contributed by atoms with E-state index in [1.165, 1.54) is 21.5 Å². The Morgan fingerprint density at radius 1 is 0.654 bits per heavy atom. The first kappa shape index (κ1) is 16.0. The van der Waals surface area contributed by atoms with Crippen molar-refractivity contribution in [3.05, 3.63) is 103 Å². The summed E-state index contributed by atoms with van der Waals surface area (Å²) in [6.45, 7) is 7.83. The summed E-state index contributed by atoms with van der Waals surface area (Å²) in [7, 11) is 0. The van der Waals surface area contributed by atoms with Gasteiger partial charge in [-0.05, 0) is 27.6 Å². The zero-order chi connectivity index (χ0) is 17.9. The van der Waals surface area contributed by atoms with Gasteiger partial charge in [-0.1, -0.05) is 92.0 Å². The predicted octanol–water partition coefficient (Wildman–Crippen LogP) is 7.03. The molecule has 0 radical (unpaired) electrons. The number of aliphatic imine (C=N–C) groups is 1. The molecule has 4 aromatic carbocycles. The van der Waals surface area contributed by atoms with Crippen LogP contribution in [-0.2, 0) is 0 Å². The Morgan fingerprint density at radius 3 is 1.73 bits per heavy atom. The van der Waals surface area contributed by atoms with Crippen molar-refractivity contribution in [2.45, 2.75) is 0 Å². The minimum absolute atomic E-state index is 0.898. The normalized spacial score (nSPS) is 11.2. The summed E-state index contributed by atoms with van der Waals surface area (Å²) in [5, 5.41) is 4.83. The van der Waals surface area contributed by atoms with Gasteiger partial charge in [0, 0.05) is 22.9 Å². The van der Waals surface area contributed by atoms with Gasteiger partial charge in [-0.2, -0.15) is 0 Å². The number of para-hydroxylation sites is 1. The Kier molecular flexibility index (Phi) is 4.20. The summed E-state index contributed by atoms with van der Waals surface area (Å²) < 4.78 is 0. The van der Waals surface area contributed by atoms with Crippen LogP contribution in [0, 0.1) is 0 Å². The molecule has 1 nitrogen and oxygen atoms in total. The fourth-order valence-electron chi connectivity index (χ4n) is 3.38. The SMILES string of the molecule is C=Cc1cccc(C=C)c1N=Cc1c2ccccc2cc2ccccc12. The largest absolute Gasteiger partial charge is 0.255 e. The topological polar surface area (TPSA) is 12.4 Å². The van der Waals surface area contributed by atoms with Crippen LogP contribution in [0.1, 0.15) is 16.7 Å². The van der Waals surface area contributed by atoms with Crippen LogP contribution >= 0.6 is 0 Å². The van der Waals surface area contributed by atoms with Gasteiger partial charge in [0.15, 0.2) is 0 Å². The molecule has 0 fully saturated rings. The first-order valence-electron chi connectivity index (χ1n) is 8.64. The minimum Gasteiger partial charge on any atom is -0.255 e. The molecular weight excluding hydrogens is 314 g/mol. The van der Waals surface area contributed by atoms with E-state index in [-0.39, 0.29) is 0 Å². The highest BCUT2D eigenvalue weighted by Crippen LogP contribution is 2.30. The molecule has 4 aromatic rings. The number of rotatable bonds is 4. The summed E-state index contributed by atoms with van der Waals surface area (Å²) in [4.78, 5) is 4.85. The molecular formula is C25H19N. The summed E-state index contributed by atoms with van der Waals surface area (Å²) >= 11 is 0. The average molecular weight is 333 g/mol. The van der Waals surface area contributed by atoms with Gasteiger partial charge in [0.05, 0.1) is 5.69 Å². The Balaban J connectivity index is 1.99. The van der Waals surface area contributed by atoms with Crippen molar-refractivity contribution in [1.82, 2.24) is 0 Å². The van der Waals surface area contributed by atoms with Crippen LogP contribution in [0.3, 0.4) is 0 Å². The maximum atomic E-state index is 4.85.